The van der Waals surface area contributed by atoms with E-state index >= 15 is 0 Å². The van der Waals surface area contributed by atoms with Crippen LogP contribution < -0.4 is 20.1 Å². The largest absolute Gasteiger partial charge is 0.486 e. The van der Waals surface area contributed by atoms with Crippen LogP contribution in [-0.2, 0) is 4.79 Å². The standard InChI is InChI=1S/C30H26N2O4S/c1-20-6-5-9-22(18-20)29(33)31-23-10-13-25(14-11-23)37-28(21-7-3-2-4-8-21)30(34)32-24-12-15-26-27(19-24)36-17-16-35-26/h2-15,18-19,28H,16-17H2,1H3,(H,31,33)(H,32,34). The van der Waals surface area contributed by atoms with Crippen LogP contribution in [0.2, 0.25) is 0 Å². The van der Waals surface area contributed by atoms with Gasteiger partial charge in [-0.2, -0.15) is 0 Å². The Morgan fingerprint density at radius 3 is 2.24 bits per heavy atom. The molecule has 7 heteroatoms. The summed E-state index contributed by atoms with van der Waals surface area (Å²) in [5.74, 6) is 0.985. The van der Waals surface area contributed by atoms with E-state index < -0.39 is 5.25 Å². The molecule has 4 aromatic rings. The van der Waals surface area contributed by atoms with Gasteiger partial charge in [-0.25, -0.2) is 0 Å². The minimum atomic E-state index is -0.484. The maximum absolute atomic E-state index is 13.4. The fourth-order valence-corrected chi connectivity index (χ4v) is 5.00. The van der Waals surface area contributed by atoms with E-state index in [4.69, 9.17) is 9.47 Å². The molecule has 1 aliphatic rings. The second kappa shape index (κ2) is 11.2. The number of aryl methyl sites for hydroxylation is 1. The van der Waals surface area contributed by atoms with E-state index in [2.05, 4.69) is 10.6 Å². The van der Waals surface area contributed by atoms with Crippen molar-refractivity contribution in [3.63, 3.8) is 0 Å². The summed E-state index contributed by atoms with van der Waals surface area (Å²) in [6, 6.07) is 30.0. The number of hydrogen-bond acceptors (Lipinski definition) is 5. The summed E-state index contributed by atoms with van der Waals surface area (Å²) in [4.78, 5) is 26.9. The molecule has 0 spiro atoms. The molecule has 186 valence electrons. The Labute approximate surface area is 220 Å². The smallest absolute Gasteiger partial charge is 0.255 e. The maximum atomic E-state index is 13.4. The summed E-state index contributed by atoms with van der Waals surface area (Å²) < 4.78 is 11.2. The van der Waals surface area contributed by atoms with Crippen LogP contribution in [0, 0.1) is 6.92 Å². The molecule has 0 saturated heterocycles. The molecule has 0 fully saturated rings. The Morgan fingerprint density at radius 1 is 0.757 bits per heavy atom. The number of carbonyl (C=O) groups is 2. The Morgan fingerprint density at radius 2 is 1.49 bits per heavy atom. The summed E-state index contributed by atoms with van der Waals surface area (Å²) >= 11 is 1.44. The van der Waals surface area contributed by atoms with Crippen LogP contribution >= 0.6 is 11.8 Å². The second-order valence-electron chi connectivity index (χ2n) is 8.60. The number of fused-ring (bicyclic) bond motifs is 1. The minimum absolute atomic E-state index is 0.148. The van der Waals surface area contributed by atoms with Crippen LogP contribution in [0.4, 0.5) is 11.4 Å². The highest BCUT2D eigenvalue weighted by Crippen LogP contribution is 2.38. The number of amides is 2. The number of benzene rings is 4. The van der Waals surface area contributed by atoms with E-state index in [-0.39, 0.29) is 11.8 Å². The molecule has 37 heavy (non-hydrogen) atoms. The summed E-state index contributed by atoms with van der Waals surface area (Å²) in [6.45, 7) is 2.95. The van der Waals surface area contributed by atoms with Crippen LogP contribution in [-0.4, -0.2) is 25.0 Å². The molecule has 5 rings (SSSR count). The van der Waals surface area contributed by atoms with Crippen molar-refractivity contribution in [1.82, 2.24) is 0 Å². The monoisotopic (exact) mass is 510 g/mol. The molecule has 1 atom stereocenters. The van der Waals surface area contributed by atoms with Crippen molar-refractivity contribution in [3.05, 3.63) is 114 Å². The van der Waals surface area contributed by atoms with Crippen LogP contribution in [0.15, 0.2) is 102 Å². The normalized spacial score (nSPS) is 12.9. The van der Waals surface area contributed by atoms with Gasteiger partial charge < -0.3 is 20.1 Å². The topological polar surface area (TPSA) is 76.7 Å². The van der Waals surface area contributed by atoms with Gasteiger partial charge in [0.2, 0.25) is 5.91 Å². The molecule has 0 bridgehead atoms. The molecule has 6 nitrogen and oxygen atoms in total. The van der Waals surface area contributed by atoms with Crippen molar-refractivity contribution in [1.29, 1.82) is 0 Å². The Kier molecular flexibility index (Phi) is 7.42. The molecule has 0 aliphatic carbocycles. The first-order chi connectivity index (χ1) is 18.0. The van der Waals surface area contributed by atoms with Gasteiger partial charge in [0, 0.05) is 27.9 Å². The van der Waals surface area contributed by atoms with Crippen molar-refractivity contribution in [2.45, 2.75) is 17.1 Å². The fraction of sp³-hybridized carbons (Fsp3) is 0.133. The Balaban J connectivity index is 1.30. The van der Waals surface area contributed by atoms with Crippen molar-refractivity contribution in [2.75, 3.05) is 23.8 Å². The predicted octanol–water partition coefficient (Wildman–Crippen LogP) is 6.49. The average molecular weight is 511 g/mol. The quantitative estimate of drug-likeness (QED) is 0.278. The van der Waals surface area contributed by atoms with E-state index in [9.17, 15) is 9.59 Å². The number of rotatable bonds is 7. The molecule has 0 radical (unpaired) electrons. The van der Waals surface area contributed by atoms with Gasteiger partial charge in [0.05, 0.1) is 0 Å². The molecule has 0 aromatic heterocycles. The maximum Gasteiger partial charge on any atom is 0.255 e. The summed E-state index contributed by atoms with van der Waals surface area (Å²) in [5.41, 5.74) is 3.86. The lowest BCUT2D eigenvalue weighted by molar-refractivity contribution is -0.115. The summed E-state index contributed by atoms with van der Waals surface area (Å²) in [5, 5.41) is 5.46. The number of thioether (sulfide) groups is 1. The van der Waals surface area contributed by atoms with Crippen molar-refractivity contribution in [3.8, 4) is 11.5 Å². The molecule has 1 unspecified atom stereocenters. The molecule has 0 saturated carbocycles. The predicted molar refractivity (Wildman–Crippen MR) is 147 cm³/mol. The van der Waals surface area contributed by atoms with Crippen molar-refractivity contribution < 1.29 is 19.1 Å². The first kappa shape index (κ1) is 24.5. The number of nitrogens with one attached hydrogen (secondary N) is 2. The highest BCUT2D eigenvalue weighted by atomic mass is 32.2. The molecular formula is C30H26N2O4S. The third-order valence-corrected chi connectivity index (χ3v) is 7.06. The van der Waals surface area contributed by atoms with E-state index in [1.165, 1.54) is 11.8 Å². The van der Waals surface area contributed by atoms with Gasteiger partial charge in [-0.1, -0.05) is 48.0 Å². The lowest BCUT2D eigenvalue weighted by atomic mass is 10.1. The first-order valence-corrected chi connectivity index (χ1v) is 12.8. The zero-order valence-electron chi connectivity index (χ0n) is 20.3. The average Bonchev–Trinajstić information content (AvgIpc) is 2.93. The first-order valence-electron chi connectivity index (χ1n) is 12.0. The third kappa shape index (κ3) is 6.13. The molecular weight excluding hydrogens is 484 g/mol. The SMILES string of the molecule is Cc1cccc(C(=O)Nc2ccc(SC(C(=O)Nc3ccc4c(c3)OCCO4)c3ccccc3)cc2)c1. The van der Waals surface area contributed by atoms with Crippen LogP contribution in [0.5, 0.6) is 11.5 Å². The number of ether oxygens (including phenoxy) is 2. The van der Waals surface area contributed by atoms with Gasteiger partial charge in [0.25, 0.3) is 5.91 Å². The molecule has 2 amide bonds. The number of hydrogen-bond donors (Lipinski definition) is 2. The summed E-state index contributed by atoms with van der Waals surface area (Å²) in [7, 11) is 0. The Bertz CT molecular complexity index is 1410. The van der Waals surface area contributed by atoms with Crippen LogP contribution in [0.25, 0.3) is 0 Å². The second-order valence-corrected chi connectivity index (χ2v) is 9.78. The fourth-order valence-electron chi connectivity index (χ4n) is 3.97. The van der Waals surface area contributed by atoms with E-state index in [1.54, 1.807) is 18.2 Å². The van der Waals surface area contributed by atoms with Crippen molar-refractivity contribution >= 4 is 35.0 Å². The third-order valence-electron chi connectivity index (χ3n) is 5.80. The lowest BCUT2D eigenvalue weighted by Gasteiger charge is -2.20. The molecule has 4 aromatic carbocycles. The minimum Gasteiger partial charge on any atom is -0.486 e. The molecule has 2 N–H and O–H groups in total. The van der Waals surface area contributed by atoms with Gasteiger partial charge in [0.1, 0.15) is 18.5 Å². The highest BCUT2D eigenvalue weighted by Gasteiger charge is 2.23. The van der Waals surface area contributed by atoms with Crippen LogP contribution in [0.1, 0.15) is 26.7 Å². The van der Waals surface area contributed by atoms with E-state index in [1.807, 2.05) is 85.8 Å². The van der Waals surface area contributed by atoms with Gasteiger partial charge >= 0.3 is 0 Å². The Hall–Kier alpha value is -4.23. The van der Waals surface area contributed by atoms with Gasteiger partial charge in [-0.05, 0) is 61.0 Å². The zero-order chi connectivity index (χ0) is 25.6. The van der Waals surface area contributed by atoms with E-state index in [0.29, 0.717) is 41.7 Å². The van der Waals surface area contributed by atoms with E-state index in [0.717, 1.165) is 16.0 Å². The van der Waals surface area contributed by atoms with Gasteiger partial charge in [-0.3, -0.25) is 9.59 Å². The highest BCUT2D eigenvalue weighted by molar-refractivity contribution is 8.00. The summed E-state index contributed by atoms with van der Waals surface area (Å²) in [6.07, 6.45) is 0. The van der Waals surface area contributed by atoms with Gasteiger partial charge in [0.15, 0.2) is 11.5 Å². The molecule has 1 aliphatic heterocycles. The number of carbonyl (C=O) groups excluding carboxylic acids is 2. The lowest BCUT2D eigenvalue weighted by Crippen LogP contribution is -2.20. The van der Waals surface area contributed by atoms with Crippen LogP contribution in [0.3, 0.4) is 0 Å². The molecule has 1 heterocycles. The van der Waals surface area contributed by atoms with Crippen molar-refractivity contribution in [2.24, 2.45) is 0 Å². The number of anilines is 2. The van der Waals surface area contributed by atoms with Gasteiger partial charge in [-0.15, -0.1) is 11.8 Å². The zero-order valence-corrected chi connectivity index (χ0v) is 21.1.